The largest absolute Gasteiger partial charge is 0.472 e. The molecule has 100 heavy (non-hydrogen) atoms. The molecule has 19 heteroatoms. The number of carbonyl (C=O) groups excluding carboxylic acids is 4. The molecule has 0 rings (SSSR count). The summed E-state index contributed by atoms with van der Waals surface area (Å²) in [5.74, 6) is -2.27. The number of hydrogen-bond acceptors (Lipinski definition) is 15. The number of allylic oxidation sites excluding steroid dienone is 18. The highest BCUT2D eigenvalue weighted by atomic mass is 31.2. The molecule has 0 amide bonds. The number of phosphoric ester groups is 2. The van der Waals surface area contributed by atoms with Crippen molar-refractivity contribution in [3.05, 3.63) is 109 Å². The van der Waals surface area contributed by atoms with Gasteiger partial charge in [0.15, 0.2) is 12.2 Å². The molecule has 17 nitrogen and oxygen atoms in total. The SMILES string of the molecule is CCCCC/C=C\C/C=C\C/C=C\C/C=C\CCCC(=O)OC[C@H](COP(=O)(O)OC[C@H](O)COP(=O)(O)OC[C@@H](COC(=O)CCCCCCC/C=C\C=C/CCCCCC)OC(=O)CCCCCCC/C=C\CCCCCC)OC(=O)CCCCCCC/C=C\C/C=C\CCCCC. The van der Waals surface area contributed by atoms with Gasteiger partial charge in [-0.25, -0.2) is 9.13 Å². The molecule has 0 aromatic carbocycles. The Hall–Kier alpha value is -4.28. The lowest BCUT2D eigenvalue weighted by atomic mass is 10.1. The van der Waals surface area contributed by atoms with Crippen LogP contribution in [-0.4, -0.2) is 96.7 Å². The lowest BCUT2D eigenvalue weighted by Gasteiger charge is -2.21. The van der Waals surface area contributed by atoms with Crippen molar-refractivity contribution in [2.24, 2.45) is 0 Å². The zero-order chi connectivity index (χ0) is 73.2. The fraction of sp³-hybridized carbons (Fsp3) is 0.728. The summed E-state index contributed by atoms with van der Waals surface area (Å²) in [7, 11) is -9.98. The van der Waals surface area contributed by atoms with Crippen molar-refractivity contribution in [2.45, 2.75) is 341 Å². The van der Waals surface area contributed by atoms with Crippen molar-refractivity contribution in [3.63, 3.8) is 0 Å². The molecule has 2 unspecified atom stereocenters. The highest BCUT2D eigenvalue weighted by Crippen LogP contribution is 2.45. The number of esters is 4. The molecule has 5 atom stereocenters. The smallest absolute Gasteiger partial charge is 0.462 e. The van der Waals surface area contributed by atoms with Crippen LogP contribution in [0.3, 0.4) is 0 Å². The monoisotopic (exact) mass is 1450 g/mol. The van der Waals surface area contributed by atoms with E-state index in [4.69, 9.17) is 37.0 Å². The molecule has 0 aromatic rings. The second-order valence-corrected chi connectivity index (χ2v) is 28.9. The fourth-order valence-electron chi connectivity index (χ4n) is 10.2. The summed E-state index contributed by atoms with van der Waals surface area (Å²) in [6.45, 7) is 4.69. The maximum atomic E-state index is 13.1. The van der Waals surface area contributed by atoms with Gasteiger partial charge >= 0.3 is 39.5 Å². The van der Waals surface area contributed by atoms with Crippen LogP contribution >= 0.6 is 15.6 Å². The van der Waals surface area contributed by atoms with E-state index in [9.17, 15) is 43.2 Å². The molecule has 0 radical (unpaired) electrons. The first-order chi connectivity index (χ1) is 48.7. The highest BCUT2D eigenvalue weighted by Gasteiger charge is 2.30. The second kappa shape index (κ2) is 73.0. The molecule has 0 aliphatic carbocycles. The molecule has 0 saturated carbocycles. The van der Waals surface area contributed by atoms with Gasteiger partial charge in [0.05, 0.1) is 26.4 Å². The van der Waals surface area contributed by atoms with Gasteiger partial charge in [-0.1, -0.05) is 259 Å². The number of aliphatic hydroxyl groups excluding tert-OH is 1. The zero-order valence-electron chi connectivity index (χ0n) is 62.8. The Bertz CT molecular complexity index is 2320. The molecule has 0 fully saturated rings. The standard InChI is InChI=1S/C81H140O17P2/c1-5-9-13-17-21-25-29-33-36-37-40-43-46-50-54-58-62-66-79(84)92-72-77(98-81(86)68-64-60-56-52-48-44-39-35-31-27-23-19-15-11-7-3)74-96-100(89,90)94-70-75(82)69-93-99(87,88)95-73-76(97-80(85)67-63-59-55-51-47-41-32-28-24-20-16-12-8-4)71-91-78(83)65-61-57-53-49-45-42-38-34-30-26-22-18-14-10-6-2/h21,23,25-28,30,32-36,38-40,43,50,54,75-77,82H,5-20,22,24,29,31,37,41-42,44-49,51-53,55-74H2,1-4H3,(H,87,88)(H,89,90)/b25-21-,27-23-,30-26-,32-28-,36-33-,38-34-,39-35-,43-40-,54-50-/t75-,76-,77-/m1/s1. The number of carbonyl (C=O) groups is 4. The van der Waals surface area contributed by atoms with E-state index in [1.807, 2.05) is 12.2 Å². The Kier molecular flexibility index (Phi) is 69.9. The number of aliphatic hydroxyl groups is 1. The molecule has 576 valence electrons. The average molecular weight is 1450 g/mol. The van der Waals surface area contributed by atoms with Crippen LogP contribution in [0, 0.1) is 0 Å². The first-order valence-electron chi connectivity index (χ1n) is 39.1. The van der Waals surface area contributed by atoms with Gasteiger partial charge in [-0.2, -0.15) is 0 Å². The van der Waals surface area contributed by atoms with Crippen LogP contribution < -0.4 is 0 Å². The summed E-state index contributed by atoms with van der Waals surface area (Å²) in [5, 5.41) is 10.6. The Balaban J connectivity index is 5.42. The van der Waals surface area contributed by atoms with Crippen LogP contribution in [0.2, 0.25) is 0 Å². The minimum absolute atomic E-state index is 0.0659. The quantitative estimate of drug-likeness (QED) is 0.0128. The first-order valence-corrected chi connectivity index (χ1v) is 42.1. The summed E-state index contributed by atoms with van der Waals surface area (Å²) >= 11 is 0. The third-order valence-electron chi connectivity index (χ3n) is 16.2. The van der Waals surface area contributed by atoms with Gasteiger partial charge in [0.1, 0.15) is 19.3 Å². The predicted molar refractivity (Wildman–Crippen MR) is 408 cm³/mol. The molecule has 0 heterocycles. The van der Waals surface area contributed by atoms with E-state index >= 15 is 0 Å². The second-order valence-electron chi connectivity index (χ2n) is 26.0. The highest BCUT2D eigenvalue weighted by molar-refractivity contribution is 7.47. The summed E-state index contributed by atoms with van der Waals surface area (Å²) in [6.07, 6.45) is 77.9. The lowest BCUT2D eigenvalue weighted by Crippen LogP contribution is -2.30. The predicted octanol–water partition coefficient (Wildman–Crippen LogP) is 22.6. The average Bonchev–Trinajstić information content (AvgIpc) is 1.06. The molecule has 0 aliphatic rings. The van der Waals surface area contributed by atoms with E-state index < -0.39 is 97.5 Å². The maximum Gasteiger partial charge on any atom is 0.472 e. The van der Waals surface area contributed by atoms with Crippen molar-refractivity contribution < 1.29 is 80.2 Å². The number of hydrogen-bond donors (Lipinski definition) is 3. The van der Waals surface area contributed by atoms with E-state index in [1.54, 1.807) is 0 Å². The molecular formula is C81H140O17P2. The number of ether oxygens (including phenoxy) is 4. The van der Waals surface area contributed by atoms with E-state index in [0.717, 1.165) is 148 Å². The van der Waals surface area contributed by atoms with E-state index in [-0.39, 0.29) is 25.7 Å². The molecular weight excluding hydrogens is 1310 g/mol. The lowest BCUT2D eigenvalue weighted by molar-refractivity contribution is -0.161. The van der Waals surface area contributed by atoms with Gasteiger partial charge in [-0.05, 0) is 148 Å². The Morgan fingerprint density at radius 1 is 0.290 bits per heavy atom. The number of phosphoric acid groups is 2. The minimum atomic E-state index is -4.99. The Morgan fingerprint density at radius 2 is 0.530 bits per heavy atom. The van der Waals surface area contributed by atoms with Crippen LogP contribution in [0.4, 0.5) is 0 Å². The van der Waals surface area contributed by atoms with Gasteiger partial charge < -0.3 is 33.8 Å². The Labute approximate surface area is 607 Å². The molecule has 0 spiro atoms. The summed E-state index contributed by atoms with van der Waals surface area (Å²) in [4.78, 5) is 72.9. The van der Waals surface area contributed by atoms with Gasteiger partial charge in [-0.15, -0.1) is 0 Å². The summed E-state index contributed by atoms with van der Waals surface area (Å²) in [5.41, 5.74) is 0. The van der Waals surface area contributed by atoms with Gasteiger partial charge in [-0.3, -0.25) is 37.3 Å². The van der Waals surface area contributed by atoms with Crippen LogP contribution in [0.25, 0.3) is 0 Å². The van der Waals surface area contributed by atoms with Crippen LogP contribution in [0.5, 0.6) is 0 Å². The molecule has 0 aromatic heterocycles. The minimum Gasteiger partial charge on any atom is -0.462 e. The van der Waals surface area contributed by atoms with Crippen molar-refractivity contribution in [1.29, 1.82) is 0 Å². The molecule has 3 N–H and O–H groups in total. The normalized spacial score (nSPS) is 14.5. The number of unbranched alkanes of at least 4 members (excludes halogenated alkanes) is 30. The maximum absolute atomic E-state index is 13.1. The van der Waals surface area contributed by atoms with E-state index in [0.29, 0.717) is 32.1 Å². The van der Waals surface area contributed by atoms with Crippen molar-refractivity contribution >= 4 is 39.5 Å². The molecule has 0 saturated heterocycles. The summed E-state index contributed by atoms with van der Waals surface area (Å²) in [6, 6.07) is 0. The van der Waals surface area contributed by atoms with E-state index in [2.05, 4.69) is 125 Å². The van der Waals surface area contributed by atoms with Crippen molar-refractivity contribution in [2.75, 3.05) is 39.6 Å². The van der Waals surface area contributed by atoms with Crippen molar-refractivity contribution in [3.8, 4) is 0 Å². The number of rotatable bonds is 73. The zero-order valence-corrected chi connectivity index (χ0v) is 64.6. The third-order valence-corrected chi connectivity index (χ3v) is 18.1. The van der Waals surface area contributed by atoms with Crippen LogP contribution in [0.1, 0.15) is 323 Å². The van der Waals surface area contributed by atoms with E-state index in [1.165, 1.54) is 89.9 Å². The van der Waals surface area contributed by atoms with Crippen LogP contribution in [0.15, 0.2) is 109 Å². The van der Waals surface area contributed by atoms with Gasteiger partial charge in [0.25, 0.3) is 0 Å². The fourth-order valence-corrected chi connectivity index (χ4v) is 11.7. The van der Waals surface area contributed by atoms with Crippen LogP contribution in [-0.2, 0) is 65.4 Å². The van der Waals surface area contributed by atoms with Gasteiger partial charge in [0, 0.05) is 25.7 Å². The van der Waals surface area contributed by atoms with Crippen molar-refractivity contribution in [1.82, 2.24) is 0 Å². The topological polar surface area (TPSA) is 237 Å². The summed E-state index contributed by atoms with van der Waals surface area (Å²) < 4.78 is 68.4. The third kappa shape index (κ3) is 72.1. The first kappa shape index (κ1) is 95.7. The van der Waals surface area contributed by atoms with Gasteiger partial charge in [0.2, 0.25) is 0 Å². The Morgan fingerprint density at radius 3 is 0.880 bits per heavy atom. The molecule has 0 bridgehead atoms. The molecule has 0 aliphatic heterocycles.